The number of hydrogen-bond donors (Lipinski definition) is 0. The molecule has 27 heavy (non-hydrogen) atoms. The van der Waals surface area contributed by atoms with Crippen LogP contribution in [-0.2, 0) is 11.3 Å². The van der Waals surface area contributed by atoms with Crippen LogP contribution in [0.15, 0.2) is 62.8 Å². The molecule has 0 aliphatic carbocycles. The number of carbonyl (C=O) groups is 1. The third-order valence-corrected chi connectivity index (χ3v) is 4.74. The molecule has 0 saturated heterocycles. The second-order valence-electron chi connectivity index (χ2n) is 5.87. The second-order valence-corrected chi connectivity index (χ2v) is 6.98. The lowest BCUT2D eigenvalue weighted by molar-refractivity contribution is -0.387. The number of benzene rings is 2. The Labute approximate surface area is 159 Å². The number of carbonyl (C=O) groups excluding carboxylic acids is 1. The minimum absolute atomic E-state index is 0.0899. The molecule has 1 aromatic heterocycles. The van der Waals surface area contributed by atoms with Crippen LogP contribution in [0.25, 0.3) is 0 Å². The third-order valence-electron chi connectivity index (χ3n) is 3.66. The molecule has 8 heteroatoms. The molecule has 3 aromatic rings. The summed E-state index contributed by atoms with van der Waals surface area (Å²) in [6, 6.07) is 13.6. The molecular formula is C19H16N2O5S. The highest BCUT2D eigenvalue weighted by Crippen LogP contribution is 2.35. The molecule has 0 spiro atoms. The Morgan fingerprint density at radius 1 is 1.19 bits per heavy atom. The molecule has 0 saturated carbocycles. The van der Waals surface area contributed by atoms with Crippen molar-refractivity contribution in [3.63, 3.8) is 0 Å². The lowest BCUT2D eigenvalue weighted by Crippen LogP contribution is -2.06. The van der Waals surface area contributed by atoms with Crippen LogP contribution in [0.5, 0.6) is 0 Å². The Morgan fingerprint density at radius 3 is 2.56 bits per heavy atom. The zero-order valence-electron chi connectivity index (χ0n) is 14.7. The average Bonchev–Trinajstić information content (AvgIpc) is 3.07. The van der Waals surface area contributed by atoms with Gasteiger partial charge in [-0.05, 0) is 38.1 Å². The van der Waals surface area contributed by atoms with Crippen LogP contribution in [0, 0.1) is 24.0 Å². The van der Waals surface area contributed by atoms with Gasteiger partial charge in [-0.3, -0.25) is 10.1 Å². The van der Waals surface area contributed by atoms with Crippen molar-refractivity contribution in [1.29, 1.82) is 0 Å². The van der Waals surface area contributed by atoms with E-state index >= 15 is 0 Å². The lowest BCUT2D eigenvalue weighted by Gasteiger charge is -2.06. The van der Waals surface area contributed by atoms with Crippen LogP contribution in [0.1, 0.15) is 27.4 Å². The van der Waals surface area contributed by atoms with Gasteiger partial charge >= 0.3 is 5.97 Å². The molecule has 0 atom stereocenters. The topological polar surface area (TPSA) is 95.5 Å². The van der Waals surface area contributed by atoms with Gasteiger partial charge in [-0.15, -0.1) is 0 Å². The molecule has 0 amide bonds. The van der Waals surface area contributed by atoms with E-state index in [0.717, 1.165) is 10.5 Å². The summed E-state index contributed by atoms with van der Waals surface area (Å²) >= 11 is 1.27. The number of ether oxygens (including phenoxy) is 1. The number of rotatable bonds is 6. The van der Waals surface area contributed by atoms with Gasteiger partial charge in [0.2, 0.25) is 0 Å². The van der Waals surface area contributed by atoms with Gasteiger partial charge < -0.3 is 9.26 Å². The van der Waals surface area contributed by atoms with Gasteiger partial charge in [0.05, 0.1) is 21.1 Å². The highest BCUT2D eigenvalue weighted by atomic mass is 32.2. The van der Waals surface area contributed by atoms with E-state index in [1.165, 1.54) is 23.9 Å². The average molecular weight is 384 g/mol. The smallest absolute Gasteiger partial charge is 0.338 e. The van der Waals surface area contributed by atoms with Gasteiger partial charge in [0, 0.05) is 17.0 Å². The summed E-state index contributed by atoms with van der Waals surface area (Å²) in [6.45, 7) is 3.63. The van der Waals surface area contributed by atoms with Crippen LogP contribution in [0.4, 0.5) is 5.69 Å². The van der Waals surface area contributed by atoms with Crippen LogP contribution in [0.2, 0.25) is 0 Å². The monoisotopic (exact) mass is 384 g/mol. The Bertz CT molecular complexity index is 982. The molecule has 138 valence electrons. The van der Waals surface area contributed by atoms with E-state index in [-0.39, 0.29) is 17.9 Å². The van der Waals surface area contributed by atoms with Crippen LogP contribution >= 0.6 is 11.8 Å². The summed E-state index contributed by atoms with van der Waals surface area (Å²) in [5.74, 6) is -0.263. The normalized spacial score (nSPS) is 10.6. The van der Waals surface area contributed by atoms with Crippen molar-refractivity contribution in [3.8, 4) is 0 Å². The van der Waals surface area contributed by atoms with Crippen molar-refractivity contribution in [2.24, 2.45) is 0 Å². The van der Waals surface area contributed by atoms with E-state index in [1.54, 1.807) is 19.1 Å². The van der Waals surface area contributed by atoms with Gasteiger partial charge in [-0.25, -0.2) is 4.79 Å². The summed E-state index contributed by atoms with van der Waals surface area (Å²) in [4.78, 5) is 24.5. The predicted octanol–water partition coefficient (Wildman–Crippen LogP) is 4.71. The van der Waals surface area contributed by atoms with Crippen molar-refractivity contribution >= 4 is 23.4 Å². The standard InChI is InChI=1S/C19H16N2O5S/c1-12-3-6-16(7-4-12)27-18-8-5-14(10-17(18)21(23)24)19(22)25-11-15-9-13(2)20-26-15/h3-10H,11H2,1-2H3. The predicted molar refractivity (Wildman–Crippen MR) is 98.8 cm³/mol. The fourth-order valence-electron chi connectivity index (χ4n) is 2.31. The summed E-state index contributed by atoms with van der Waals surface area (Å²) in [5, 5.41) is 15.1. The van der Waals surface area contributed by atoms with Gasteiger partial charge in [0.25, 0.3) is 5.69 Å². The first-order valence-corrected chi connectivity index (χ1v) is 8.86. The molecule has 3 rings (SSSR count). The highest BCUT2D eigenvalue weighted by molar-refractivity contribution is 7.99. The van der Waals surface area contributed by atoms with E-state index in [9.17, 15) is 14.9 Å². The van der Waals surface area contributed by atoms with Crippen LogP contribution in [-0.4, -0.2) is 16.0 Å². The third kappa shape index (κ3) is 4.73. The number of nitro benzene ring substituents is 1. The first-order valence-electron chi connectivity index (χ1n) is 8.04. The molecule has 1 heterocycles. The van der Waals surface area contributed by atoms with Gasteiger partial charge in [0.1, 0.15) is 0 Å². The number of esters is 1. The molecule has 0 fully saturated rings. The SMILES string of the molecule is Cc1ccc(Sc2ccc(C(=O)OCc3cc(C)no3)cc2[N+](=O)[O-])cc1. The highest BCUT2D eigenvalue weighted by Gasteiger charge is 2.19. The van der Waals surface area contributed by atoms with Crippen molar-refractivity contribution in [2.45, 2.75) is 30.2 Å². The largest absolute Gasteiger partial charge is 0.454 e. The lowest BCUT2D eigenvalue weighted by atomic mass is 10.2. The second kappa shape index (κ2) is 8.05. The summed E-state index contributed by atoms with van der Waals surface area (Å²) in [7, 11) is 0. The molecule has 0 bridgehead atoms. The number of nitro groups is 1. The number of nitrogens with zero attached hydrogens (tertiary/aromatic N) is 2. The summed E-state index contributed by atoms with van der Waals surface area (Å²) in [5.41, 5.74) is 1.74. The molecule has 7 nitrogen and oxygen atoms in total. The molecule has 2 aromatic carbocycles. The number of aryl methyl sites for hydroxylation is 2. The quantitative estimate of drug-likeness (QED) is 0.345. The summed E-state index contributed by atoms with van der Waals surface area (Å²) in [6.07, 6.45) is 0. The van der Waals surface area contributed by atoms with Crippen molar-refractivity contribution in [2.75, 3.05) is 0 Å². The van der Waals surface area contributed by atoms with Gasteiger partial charge in [-0.2, -0.15) is 0 Å². The van der Waals surface area contributed by atoms with Crippen molar-refractivity contribution < 1.29 is 19.0 Å². The van der Waals surface area contributed by atoms with Crippen molar-refractivity contribution in [3.05, 3.63) is 81.2 Å². The first-order chi connectivity index (χ1) is 12.9. The van der Waals surface area contributed by atoms with E-state index in [0.29, 0.717) is 16.3 Å². The Balaban J connectivity index is 1.77. The molecular weight excluding hydrogens is 368 g/mol. The Hall–Kier alpha value is -3.13. The Morgan fingerprint density at radius 2 is 1.93 bits per heavy atom. The van der Waals surface area contributed by atoms with Gasteiger partial charge in [-0.1, -0.05) is 34.6 Å². The molecule has 0 radical (unpaired) electrons. The van der Waals surface area contributed by atoms with Gasteiger partial charge in [0.15, 0.2) is 12.4 Å². The van der Waals surface area contributed by atoms with E-state index in [1.807, 2.05) is 31.2 Å². The van der Waals surface area contributed by atoms with E-state index in [2.05, 4.69) is 5.16 Å². The fraction of sp³-hybridized carbons (Fsp3) is 0.158. The first kappa shape index (κ1) is 18.7. The molecule has 0 aliphatic rings. The van der Waals surface area contributed by atoms with Crippen molar-refractivity contribution in [1.82, 2.24) is 5.16 Å². The number of hydrogen-bond acceptors (Lipinski definition) is 7. The maximum Gasteiger partial charge on any atom is 0.338 e. The molecule has 0 aliphatic heterocycles. The molecule has 0 unspecified atom stereocenters. The zero-order chi connectivity index (χ0) is 19.4. The number of aromatic nitrogens is 1. The maximum absolute atomic E-state index is 12.2. The minimum atomic E-state index is -0.668. The van der Waals surface area contributed by atoms with E-state index in [4.69, 9.17) is 9.26 Å². The zero-order valence-corrected chi connectivity index (χ0v) is 15.5. The van der Waals surface area contributed by atoms with Crippen LogP contribution in [0.3, 0.4) is 0 Å². The fourth-order valence-corrected chi connectivity index (χ4v) is 3.21. The van der Waals surface area contributed by atoms with Crippen LogP contribution < -0.4 is 0 Å². The minimum Gasteiger partial charge on any atom is -0.454 e. The van der Waals surface area contributed by atoms with E-state index < -0.39 is 10.9 Å². The molecule has 0 N–H and O–H groups in total. The maximum atomic E-state index is 12.2. The Kier molecular flexibility index (Phi) is 5.56. The summed E-state index contributed by atoms with van der Waals surface area (Å²) < 4.78 is 10.1.